The van der Waals surface area contributed by atoms with Gasteiger partial charge >= 0.3 is 0 Å². The summed E-state index contributed by atoms with van der Waals surface area (Å²) in [5, 5.41) is 7.33. The fourth-order valence-electron chi connectivity index (χ4n) is 1.80. The van der Waals surface area contributed by atoms with E-state index < -0.39 is 0 Å². The molecule has 0 amide bonds. The van der Waals surface area contributed by atoms with Gasteiger partial charge in [0.05, 0.1) is 6.54 Å². The molecule has 1 saturated heterocycles. The van der Waals surface area contributed by atoms with Gasteiger partial charge in [-0.05, 0) is 6.92 Å². The van der Waals surface area contributed by atoms with Gasteiger partial charge in [0, 0.05) is 32.1 Å². The van der Waals surface area contributed by atoms with Crippen molar-refractivity contribution in [1.29, 1.82) is 0 Å². The Labute approximate surface area is 89.8 Å². The molecule has 1 N–H and O–H groups in total. The molecule has 1 aromatic rings. The lowest BCUT2D eigenvalue weighted by Gasteiger charge is -2.32. The van der Waals surface area contributed by atoms with Gasteiger partial charge in [-0.25, -0.2) is 0 Å². The quantitative estimate of drug-likeness (QED) is 0.784. The molecule has 0 aliphatic carbocycles. The average Bonchev–Trinajstić information content (AvgIpc) is 2.69. The number of nitrogens with zero attached hydrogens (tertiary/aromatic N) is 3. The van der Waals surface area contributed by atoms with Crippen LogP contribution in [-0.4, -0.2) is 40.7 Å². The monoisotopic (exact) mass is 210 g/mol. The van der Waals surface area contributed by atoms with Gasteiger partial charge in [-0.1, -0.05) is 12.1 Å². The summed E-state index contributed by atoms with van der Waals surface area (Å²) in [5.41, 5.74) is 0. The van der Waals surface area contributed by atoms with E-state index in [9.17, 15) is 0 Å². The average molecular weight is 210 g/mol. The van der Waals surface area contributed by atoms with Gasteiger partial charge in [-0.3, -0.25) is 4.90 Å². The predicted octanol–water partition coefficient (Wildman–Crippen LogP) is 0.426. The van der Waals surface area contributed by atoms with Crippen LogP contribution in [0, 0.1) is 0 Å². The number of hydrogen-bond acceptors (Lipinski definition) is 5. The van der Waals surface area contributed by atoms with Gasteiger partial charge in [0.2, 0.25) is 5.89 Å². The van der Waals surface area contributed by atoms with E-state index in [4.69, 9.17) is 4.52 Å². The lowest BCUT2D eigenvalue weighted by molar-refractivity contribution is 0.160. The number of hydrogen-bond donors (Lipinski definition) is 1. The minimum absolute atomic E-state index is 0.544. The van der Waals surface area contributed by atoms with Crippen LogP contribution in [0.5, 0.6) is 0 Å². The maximum atomic E-state index is 5.09. The zero-order chi connectivity index (χ0) is 10.7. The summed E-state index contributed by atoms with van der Waals surface area (Å²) in [5.74, 6) is 1.54. The topological polar surface area (TPSA) is 54.2 Å². The predicted molar refractivity (Wildman–Crippen MR) is 56.4 cm³/mol. The second-order valence-electron chi connectivity index (χ2n) is 3.98. The Morgan fingerprint density at radius 2 is 2.47 bits per heavy atom. The molecular formula is C10H18N4O. The summed E-state index contributed by atoms with van der Waals surface area (Å²) >= 11 is 0. The Morgan fingerprint density at radius 3 is 3.13 bits per heavy atom. The van der Waals surface area contributed by atoms with E-state index in [2.05, 4.69) is 27.3 Å². The zero-order valence-corrected chi connectivity index (χ0v) is 9.36. The third kappa shape index (κ3) is 2.54. The van der Waals surface area contributed by atoms with Gasteiger partial charge < -0.3 is 9.84 Å². The molecule has 1 atom stereocenters. The number of rotatable bonds is 3. The Balaban J connectivity index is 1.95. The molecule has 1 aliphatic heterocycles. The van der Waals surface area contributed by atoms with Crippen molar-refractivity contribution in [2.45, 2.75) is 32.9 Å². The highest BCUT2D eigenvalue weighted by molar-refractivity contribution is 4.88. The first-order valence-electron chi connectivity index (χ1n) is 5.56. The van der Waals surface area contributed by atoms with Crippen LogP contribution >= 0.6 is 0 Å². The van der Waals surface area contributed by atoms with Crippen molar-refractivity contribution in [3.05, 3.63) is 11.7 Å². The smallest absolute Gasteiger partial charge is 0.226 e. The Bertz CT molecular complexity index is 312. The Kier molecular flexibility index (Phi) is 3.33. The van der Waals surface area contributed by atoms with E-state index in [1.54, 1.807) is 0 Å². The molecule has 1 fully saturated rings. The van der Waals surface area contributed by atoms with Crippen molar-refractivity contribution in [3.63, 3.8) is 0 Å². The largest absolute Gasteiger partial charge is 0.339 e. The van der Waals surface area contributed by atoms with Crippen molar-refractivity contribution in [3.8, 4) is 0 Å². The van der Waals surface area contributed by atoms with Gasteiger partial charge in [0.1, 0.15) is 0 Å². The summed E-state index contributed by atoms with van der Waals surface area (Å²) in [7, 11) is 0. The van der Waals surface area contributed by atoms with E-state index in [-0.39, 0.29) is 0 Å². The lowest BCUT2D eigenvalue weighted by atomic mass is 10.2. The minimum Gasteiger partial charge on any atom is -0.339 e. The zero-order valence-electron chi connectivity index (χ0n) is 9.36. The molecule has 5 nitrogen and oxygen atoms in total. The lowest BCUT2D eigenvalue weighted by Crippen LogP contribution is -2.49. The van der Waals surface area contributed by atoms with Gasteiger partial charge in [0.15, 0.2) is 5.82 Å². The van der Waals surface area contributed by atoms with E-state index in [0.29, 0.717) is 6.04 Å². The summed E-state index contributed by atoms with van der Waals surface area (Å²) in [6, 6.07) is 0.544. The molecule has 0 bridgehead atoms. The first-order valence-corrected chi connectivity index (χ1v) is 5.56. The first-order chi connectivity index (χ1) is 7.29. The van der Waals surface area contributed by atoms with E-state index in [1.165, 1.54) is 0 Å². The Morgan fingerprint density at radius 1 is 1.60 bits per heavy atom. The number of piperazine rings is 1. The van der Waals surface area contributed by atoms with E-state index >= 15 is 0 Å². The minimum atomic E-state index is 0.544. The number of aromatic nitrogens is 2. The molecule has 0 radical (unpaired) electrons. The molecule has 2 heterocycles. The van der Waals surface area contributed by atoms with Crippen LogP contribution in [0.4, 0.5) is 0 Å². The van der Waals surface area contributed by atoms with Crippen LogP contribution < -0.4 is 5.32 Å². The number of aryl methyl sites for hydroxylation is 1. The molecule has 1 aliphatic rings. The van der Waals surface area contributed by atoms with Crippen LogP contribution in [0.3, 0.4) is 0 Å². The molecule has 2 rings (SSSR count). The highest BCUT2D eigenvalue weighted by atomic mass is 16.5. The second-order valence-corrected chi connectivity index (χ2v) is 3.98. The maximum absolute atomic E-state index is 5.09. The molecule has 1 aromatic heterocycles. The molecule has 0 saturated carbocycles. The summed E-state index contributed by atoms with van der Waals surface area (Å²) in [4.78, 5) is 6.69. The molecule has 0 aromatic carbocycles. The highest BCUT2D eigenvalue weighted by Gasteiger charge is 2.19. The standard InChI is InChI=1S/C10H18N4O/c1-3-10-12-9(13-15-10)7-14-5-4-11-6-8(14)2/h8,11H,3-7H2,1-2H3/t8-/m0/s1. The van der Waals surface area contributed by atoms with Gasteiger partial charge in [-0.15, -0.1) is 0 Å². The van der Waals surface area contributed by atoms with Crippen LogP contribution in [0.25, 0.3) is 0 Å². The van der Waals surface area contributed by atoms with Crippen molar-refractivity contribution < 1.29 is 4.52 Å². The SMILES string of the molecule is CCc1nc(CN2CCNC[C@@H]2C)no1. The molecule has 5 heteroatoms. The summed E-state index contributed by atoms with van der Waals surface area (Å²) in [6.45, 7) is 8.17. The van der Waals surface area contributed by atoms with Crippen molar-refractivity contribution >= 4 is 0 Å². The van der Waals surface area contributed by atoms with Gasteiger partial charge in [-0.2, -0.15) is 4.98 Å². The van der Waals surface area contributed by atoms with Crippen molar-refractivity contribution in [1.82, 2.24) is 20.4 Å². The molecule has 0 spiro atoms. The number of nitrogens with one attached hydrogen (secondary N) is 1. The normalized spacial score (nSPS) is 23.2. The van der Waals surface area contributed by atoms with E-state index in [1.807, 2.05) is 6.92 Å². The maximum Gasteiger partial charge on any atom is 0.226 e. The van der Waals surface area contributed by atoms with Crippen LogP contribution in [0.2, 0.25) is 0 Å². The molecular weight excluding hydrogens is 192 g/mol. The second kappa shape index (κ2) is 4.72. The van der Waals surface area contributed by atoms with Crippen LogP contribution in [0.1, 0.15) is 25.6 Å². The fourth-order valence-corrected chi connectivity index (χ4v) is 1.80. The summed E-state index contributed by atoms with van der Waals surface area (Å²) in [6.07, 6.45) is 0.810. The van der Waals surface area contributed by atoms with Crippen molar-refractivity contribution in [2.24, 2.45) is 0 Å². The first kappa shape index (κ1) is 10.6. The van der Waals surface area contributed by atoms with E-state index in [0.717, 1.165) is 44.3 Å². The Hall–Kier alpha value is -0.940. The summed E-state index contributed by atoms with van der Waals surface area (Å²) < 4.78 is 5.09. The fraction of sp³-hybridized carbons (Fsp3) is 0.800. The van der Waals surface area contributed by atoms with Crippen molar-refractivity contribution in [2.75, 3.05) is 19.6 Å². The molecule has 0 unspecified atom stereocenters. The molecule has 84 valence electrons. The molecule has 15 heavy (non-hydrogen) atoms. The third-order valence-corrected chi connectivity index (χ3v) is 2.80. The third-order valence-electron chi connectivity index (χ3n) is 2.80. The van der Waals surface area contributed by atoms with Crippen LogP contribution in [0.15, 0.2) is 4.52 Å². The highest BCUT2D eigenvalue weighted by Crippen LogP contribution is 2.07. The van der Waals surface area contributed by atoms with Gasteiger partial charge in [0.25, 0.3) is 0 Å². The van der Waals surface area contributed by atoms with Crippen LogP contribution in [-0.2, 0) is 13.0 Å².